The number of rotatable bonds is 5. The molecule has 0 aliphatic heterocycles. The van der Waals surface area contributed by atoms with Crippen molar-refractivity contribution in [1.29, 1.82) is 0 Å². The maximum absolute atomic E-state index is 12.2. The van der Waals surface area contributed by atoms with E-state index in [9.17, 15) is 4.79 Å². The number of carbonyl (C=O) groups excluding carboxylic acids is 1. The summed E-state index contributed by atoms with van der Waals surface area (Å²) >= 11 is 3.32. The largest absolute Gasteiger partial charge is 0.493 e. The molecule has 7 nitrogen and oxygen atoms in total. The zero-order chi connectivity index (χ0) is 17.8. The summed E-state index contributed by atoms with van der Waals surface area (Å²) in [6, 6.07) is 12.2. The monoisotopic (exact) mass is 403 g/mol. The van der Waals surface area contributed by atoms with E-state index in [1.807, 2.05) is 6.07 Å². The summed E-state index contributed by atoms with van der Waals surface area (Å²) < 4.78 is 16.7. The van der Waals surface area contributed by atoms with Crippen LogP contribution in [0.1, 0.15) is 10.4 Å². The van der Waals surface area contributed by atoms with Crippen LogP contribution in [0.5, 0.6) is 11.5 Å². The number of halogens is 1. The maximum atomic E-state index is 12.2. The van der Waals surface area contributed by atoms with E-state index in [1.165, 1.54) is 0 Å². The van der Waals surface area contributed by atoms with Gasteiger partial charge in [-0.3, -0.25) is 10.1 Å². The van der Waals surface area contributed by atoms with Gasteiger partial charge in [-0.15, -0.1) is 5.10 Å². The average Bonchev–Trinajstić information content (AvgIpc) is 3.09. The molecule has 0 bridgehead atoms. The molecule has 0 atom stereocenters. The van der Waals surface area contributed by atoms with Crippen LogP contribution >= 0.6 is 15.9 Å². The molecule has 1 heterocycles. The summed E-state index contributed by atoms with van der Waals surface area (Å²) in [7, 11) is 3.10. The summed E-state index contributed by atoms with van der Waals surface area (Å²) in [5.41, 5.74) is 1.12. The summed E-state index contributed by atoms with van der Waals surface area (Å²) in [6.07, 6.45) is 0. The van der Waals surface area contributed by atoms with E-state index < -0.39 is 0 Å². The lowest BCUT2D eigenvalue weighted by Gasteiger charge is -2.07. The summed E-state index contributed by atoms with van der Waals surface area (Å²) in [6.45, 7) is 0. The Morgan fingerprint density at radius 2 is 1.88 bits per heavy atom. The van der Waals surface area contributed by atoms with Crippen molar-refractivity contribution in [3.05, 3.63) is 52.5 Å². The third kappa shape index (κ3) is 3.80. The van der Waals surface area contributed by atoms with Gasteiger partial charge in [-0.2, -0.15) is 0 Å². The van der Waals surface area contributed by atoms with Crippen molar-refractivity contribution in [2.24, 2.45) is 0 Å². The number of nitrogens with zero attached hydrogens (tertiary/aromatic N) is 2. The number of amides is 1. The van der Waals surface area contributed by atoms with Gasteiger partial charge in [0.05, 0.1) is 14.2 Å². The van der Waals surface area contributed by atoms with Crippen LogP contribution in [0.4, 0.5) is 6.01 Å². The first-order valence-electron chi connectivity index (χ1n) is 7.23. The van der Waals surface area contributed by atoms with Crippen LogP contribution in [0.3, 0.4) is 0 Å². The third-order valence-corrected chi connectivity index (χ3v) is 3.86. The molecule has 3 aromatic rings. The highest BCUT2D eigenvalue weighted by atomic mass is 79.9. The van der Waals surface area contributed by atoms with Crippen molar-refractivity contribution in [3.63, 3.8) is 0 Å². The van der Waals surface area contributed by atoms with Crippen LogP contribution in [-0.2, 0) is 0 Å². The SMILES string of the molecule is COc1ccc(-c2nnc(NC(=O)c3cccc(Br)c3)o2)cc1OC. The first kappa shape index (κ1) is 17.0. The Morgan fingerprint density at radius 3 is 2.60 bits per heavy atom. The molecule has 0 fully saturated rings. The normalized spacial score (nSPS) is 10.4. The smallest absolute Gasteiger partial charge is 0.322 e. The fourth-order valence-corrected chi connectivity index (χ4v) is 2.56. The number of aromatic nitrogens is 2. The second kappa shape index (κ2) is 7.35. The molecule has 0 aliphatic carbocycles. The first-order valence-corrected chi connectivity index (χ1v) is 8.03. The van der Waals surface area contributed by atoms with Crippen LogP contribution < -0.4 is 14.8 Å². The van der Waals surface area contributed by atoms with Gasteiger partial charge in [0.15, 0.2) is 11.5 Å². The Labute approximate surface area is 152 Å². The van der Waals surface area contributed by atoms with E-state index in [0.717, 1.165) is 4.47 Å². The molecule has 1 amide bonds. The lowest BCUT2D eigenvalue weighted by atomic mass is 10.2. The second-order valence-electron chi connectivity index (χ2n) is 4.95. The van der Waals surface area contributed by atoms with Crippen molar-refractivity contribution in [2.75, 3.05) is 19.5 Å². The van der Waals surface area contributed by atoms with Crippen molar-refractivity contribution in [3.8, 4) is 23.0 Å². The zero-order valence-corrected chi connectivity index (χ0v) is 15.0. The van der Waals surface area contributed by atoms with Gasteiger partial charge < -0.3 is 13.9 Å². The number of benzene rings is 2. The van der Waals surface area contributed by atoms with E-state index in [-0.39, 0.29) is 17.8 Å². The molecule has 2 aromatic carbocycles. The number of anilines is 1. The Balaban J connectivity index is 1.79. The zero-order valence-electron chi connectivity index (χ0n) is 13.4. The van der Waals surface area contributed by atoms with Crippen LogP contribution in [0, 0.1) is 0 Å². The fraction of sp³-hybridized carbons (Fsp3) is 0.118. The van der Waals surface area contributed by atoms with E-state index in [4.69, 9.17) is 13.9 Å². The summed E-state index contributed by atoms with van der Waals surface area (Å²) in [5, 5.41) is 10.4. The molecule has 25 heavy (non-hydrogen) atoms. The van der Waals surface area contributed by atoms with Crippen molar-refractivity contribution in [2.45, 2.75) is 0 Å². The number of methoxy groups -OCH3 is 2. The topological polar surface area (TPSA) is 86.5 Å². The van der Waals surface area contributed by atoms with Crippen LogP contribution in [0.25, 0.3) is 11.5 Å². The van der Waals surface area contributed by atoms with Gasteiger partial charge in [0, 0.05) is 15.6 Å². The molecule has 1 N–H and O–H groups in total. The quantitative estimate of drug-likeness (QED) is 0.697. The summed E-state index contributed by atoms with van der Waals surface area (Å²) in [4.78, 5) is 12.2. The number of nitrogens with one attached hydrogen (secondary N) is 1. The van der Waals surface area contributed by atoms with E-state index in [1.54, 1.807) is 50.6 Å². The molecule has 8 heteroatoms. The Hall–Kier alpha value is -2.87. The highest BCUT2D eigenvalue weighted by Gasteiger charge is 2.14. The lowest BCUT2D eigenvalue weighted by Crippen LogP contribution is -2.11. The molecule has 0 saturated carbocycles. The van der Waals surface area contributed by atoms with Gasteiger partial charge in [0.25, 0.3) is 5.91 Å². The predicted octanol–water partition coefficient (Wildman–Crippen LogP) is 3.77. The van der Waals surface area contributed by atoms with Crippen molar-refractivity contribution in [1.82, 2.24) is 10.2 Å². The highest BCUT2D eigenvalue weighted by Crippen LogP contribution is 2.32. The van der Waals surface area contributed by atoms with E-state index in [0.29, 0.717) is 22.6 Å². The standard InChI is InChI=1S/C17H14BrN3O4/c1-23-13-7-6-11(9-14(13)24-2)16-20-21-17(25-16)19-15(22)10-4-3-5-12(18)8-10/h3-9H,1-2H3,(H,19,21,22). The minimum Gasteiger partial charge on any atom is -0.493 e. The van der Waals surface area contributed by atoms with Crippen LogP contribution in [0.2, 0.25) is 0 Å². The Morgan fingerprint density at radius 1 is 1.08 bits per heavy atom. The van der Waals surface area contributed by atoms with Gasteiger partial charge in [0.2, 0.25) is 5.89 Å². The average molecular weight is 404 g/mol. The first-order chi connectivity index (χ1) is 12.1. The van der Waals surface area contributed by atoms with Gasteiger partial charge >= 0.3 is 6.01 Å². The number of carbonyl (C=O) groups is 1. The lowest BCUT2D eigenvalue weighted by molar-refractivity contribution is 0.102. The Kier molecular flexibility index (Phi) is 4.99. The number of hydrogen-bond acceptors (Lipinski definition) is 6. The molecule has 0 radical (unpaired) electrons. The Bertz CT molecular complexity index is 910. The van der Waals surface area contributed by atoms with Gasteiger partial charge in [-0.05, 0) is 36.4 Å². The molecule has 128 valence electrons. The van der Waals surface area contributed by atoms with E-state index >= 15 is 0 Å². The molecule has 0 aliphatic rings. The fourth-order valence-electron chi connectivity index (χ4n) is 2.16. The summed E-state index contributed by atoms with van der Waals surface area (Å²) in [5.74, 6) is 1.04. The number of hydrogen-bond donors (Lipinski definition) is 1. The highest BCUT2D eigenvalue weighted by molar-refractivity contribution is 9.10. The molecule has 0 saturated heterocycles. The molecule has 1 aromatic heterocycles. The van der Waals surface area contributed by atoms with Gasteiger partial charge in [0.1, 0.15) is 0 Å². The van der Waals surface area contributed by atoms with Crippen molar-refractivity contribution >= 4 is 27.9 Å². The molecule has 0 unspecified atom stereocenters. The van der Waals surface area contributed by atoms with E-state index in [2.05, 4.69) is 31.4 Å². The van der Waals surface area contributed by atoms with Gasteiger partial charge in [-0.1, -0.05) is 27.1 Å². The third-order valence-electron chi connectivity index (χ3n) is 3.36. The molecular weight excluding hydrogens is 390 g/mol. The second-order valence-corrected chi connectivity index (χ2v) is 5.86. The van der Waals surface area contributed by atoms with Gasteiger partial charge in [-0.25, -0.2) is 0 Å². The maximum Gasteiger partial charge on any atom is 0.322 e. The van der Waals surface area contributed by atoms with Crippen molar-refractivity contribution < 1.29 is 18.7 Å². The number of ether oxygens (including phenoxy) is 2. The molecule has 0 spiro atoms. The molecular formula is C17H14BrN3O4. The minimum atomic E-state index is -0.344. The minimum absolute atomic E-state index is 0.00904. The van der Waals surface area contributed by atoms with Crippen LogP contribution in [0.15, 0.2) is 51.4 Å². The van der Waals surface area contributed by atoms with Crippen LogP contribution in [-0.4, -0.2) is 30.3 Å². The molecule has 3 rings (SSSR count). The predicted molar refractivity (Wildman–Crippen MR) is 94.9 cm³/mol.